The third-order valence-electron chi connectivity index (χ3n) is 3.78. The van der Waals surface area contributed by atoms with Gasteiger partial charge in [0.25, 0.3) is 15.7 Å². The van der Waals surface area contributed by atoms with Crippen LogP contribution >= 0.6 is 0 Å². The van der Waals surface area contributed by atoms with Crippen LogP contribution in [0.15, 0.2) is 77.4 Å². The Hall–Kier alpha value is -3.13. The predicted octanol–water partition coefficient (Wildman–Crippen LogP) is 3.85. The highest BCUT2D eigenvalue weighted by Gasteiger charge is 2.22. The molecule has 2 N–H and O–H groups in total. The van der Waals surface area contributed by atoms with Crippen LogP contribution in [0.3, 0.4) is 0 Å². The van der Waals surface area contributed by atoms with Crippen LogP contribution in [-0.4, -0.2) is 13.3 Å². The molecule has 0 heterocycles. The molecule has 0 amide bonds. The molecule has 0 aromatic heterocycles. The van der Waals surface area contributed by atoms with Gasteiger partial charge in [-0.15, -0.1) is 0 Å². The smallest absolute Gasteiger partial charge is 0.294 e. The molecule has 0 bridgehead atoms. The standard InChI is InChI=1S/C18H17N3O4S/c22-21(23)18-13-16(26(24,25)20-15-9-5-2-6-10-15)11-12-17(18)19-14-7-3-1-4-8-14/h1,3-5,7-13,19-20H,2,6H2. The van der Waals surface area contributed by atoms with Gasteiger partial charge in [0, 0.05) is 17.5 Å². The van der Waals surface area contributed by atoms with Gasteiger partial charge in [-0.2, -0.15) is 0 Å². The van der Waals surface area contributed by atoms with Gasteiger partial charge < -0.3 is 5.32 Å². The largest absolute Gasteiger partial charge is 0.350 e. The lowest BCUT2D eigenvalue weighted by Crippen LogP contribution is -2.23. The van der Waals surface area contributed by atoms with Gasteiger partial charge in [-0.25, -0.2) is 8.42 Å². The van der Waals surface area contributed by atoms with E-state index in [2.05, 4.69) is 10.0 Å². The number of anilines is 2. The molecule has 0 aliphatic heterocycles. The summed E-state index contributed by atoms with van der Waals surface area (Å²) in [5, 5.41) is 14.3. The number of allylic oxidation sites excluding steroid dienone is 3. The molecule has 0 radical (unpaired) electrons. The van der Waals surface area contributed by atoms with E-state index in [1.807, 2.05) is 12.1 Å². The zero-order valence-corrected chi connectivity index (χ0v) is 14.6. The van der Waals surface area contributed by atoms with Crippen LogP contribution in [0.5, 0.6) is 0 Å². The van der Waals surface area contributed by atoms with Crippen molar-refractivity contribution in [2.45, 2.75) is 17.7 Å². The molecular formula is C18H17N3O4S. The van der Waals surface area contributed by atoms with Crippen molar-refractivity contribution in [1.82, 2.24) is 4.72 Å². The first-order valence-corrected chi connectivity index (χ1v) is 9.44. The van der Waals surface area contributed by atoms with Gasteiger partial charge in [0.2, 0.25) is 0 Å². The Balaban J connectivity index is 1.91. The van der Waals surface area contributed by atoms with E-state index in [1.54, 1.807) is 36.4 Å². The number of nitro benzene ring substituents is 1. The zero-order valence-electron chi connectivity index (χ0n) is 13.8. The summed E-state index contributed by atoms with van der Waals surface area (Å²) in [5.74, 6) is 0. The molecule has 0 saturated carbocycles. The van der Waals surface area contributed by atoms with E-state index in [9.17, 15) is 18.5 Å². The summed E-state index contributed by atoms with van der Waals surface area (Å²) >= 11 is 0. The van der Waals surface area contributed by atoms with Crippen molar-refractivity contribution in [1.29, 1.82) is 0 Å². The first kappa shape index (κ1) is 17.7. The van der Waals surface area contributed by atoms with E-state index >= 15 is 0 Å². The summed E-state index contributed by atoms with van der Waals surface area (Å²) in [5.41, 5.74) is 1.04. The van der Waals surface area contributed by atoms with E-state index < -0.39 is 14.9 Å². The van der Waals surface area contributed by atoms with Crippen molar-refractivity contribution in [2.75, 3.05) is 5.32 Å². The monoisotopic (exact) mass is 371 g/mol. The molecule has 0 unspecified atom stereocenters. The van der Waals surface area contributed by atoms with E-state index in [4.69, 9.17) is 0 Å². The van der Waals surface area contributed by atoms with Crippen molar-refractivity contribution in [3.8, 4) is 0 Å². The number of nitrogens with one attached hydrogen (secondary N) is 2. The minimum Gasteiger partial charge on any atom is -0.350 e. The van der Waals surface area contributed by atoms with Crippen LogP contribution in [0.25, 0.3) is 0 Å². The lowest BCUT2D eigenvalue weighted by Gasteiger charge is -2.12. The molecule has 0 saturated heterocycles. The fraction of sp³-hybridized carbons (Fsp3) is 0.111. The Morgan fingerprint density at radius 1 is 1.04 bits per heavy atom. The quantitative estimate of drug-likeness (QED) is 0.593. The highest BCUT2D eigenvalue weighted by atomic mass is 32.2. The zero-order chi connectivity index (χ0) is 18.6. The summed E-state index contributed by atoms with van der Waals surface area (Å²) in [6.45, 7) is 0. The first-order chi connectivity index (χ1) is 12.5. The van der Waals surface area contributed by atoms with Crippen molar-refractivity contribution in [3.05, 3.63) is 82.6 Å². The number of nitrogens with zero attached hydrogens (tertiary/aromatic N) is 1. The number of benzene rings is 2. The molecule has 26 heavy (non-hydrogen) atoms. The normalized spacial score (nSPS) is 13.8. The van der Waals surface area contributed by atoms with Crippen LogP contribution in [-0.2, 0) is 10.0 Å². The summed E-state index contributed by atoms with van der Waals surface area (Å²) in [7, 11) is -3.91. The van der Waals surface area contributed by atoms with E-state index in [0.717, 1.165) is 18.9 Å². The molecule has 134 valence electrons. The summed E-state index contributed by atoms with van der Waals surface area (Å²) < 4.78 is 27.5. The molecule has 1 aliphatic rings. The first-order valence-electron chi connectivity index (χ1n) is 7.96. The van der Waals surface area contributed by atoms with Gasteiger partial charge in [-0.05, 0) is 43.2 Å². The topological polar surface area (TPSA) is 101 Å². The van der Waals surface area contributed by atoms with Gasteiger partial charge in [-0.1, -0.05) is 30.4 Å². The molecular weight excluding hydrogens is 354 g/mol. The van der Waals surface area contributed by atoms with E-state index in [1.165, 1.54) is 12.1 Å². The van der Waals surface area contributed by atoms with Gasteiger partial charge in [0.05, 0.1) is 9.82 Å². The molecule has 0 fully saturated rings. The highest BCUT2D eigenvalue weighted by Crippen LogP contribution is 2.30. The Labute approximate surface area is 151 Å². The Kier molecular flexibility index (Phi) is 5.04. The summed E-state index contributed by atoms with van der Waals surface area (Å²) in [6.07, 6.45) is 6.93. The maximum atomic E-state index is 12.5. The molecule has 7 nitrogen and oxygen atoms in total. The lowest BCUT2D eigenvalue weighted by atomic mass is 10.2. The average molecular weight is 371 g/mol. The average Bonchev–Trinajstić information content (AvgIpc) is 2.63. The SMILES string of the molecule is O=[N+]([O-])c1cc(S(=O)(=O)NC2=CCCC=C2)ccc1Nc1ccccc1. The Bertz CT molecular complexity index is 983. The minimum atomic E-state index is -3.91. The highest BCUT2D eigenvalue weighted by molar-refractivity contribution is 7.89. The van der Waals surface area contributed by atoms with Crippen LogP contribution in [0.4, 0.5) is 17.1 Å². The van der Waals surface area contributed by atoms with Gasteiger partial charge >= 0.3 is 0 Å². The number of para-hydroxylation sites is 1. The molecule has 2 aromatic carbocycles. The number of nitro groups is 1. The Morgan fingerprint density at radius 2 is 1.81 bits per heavy atom. The third-order valence-corrected chi connectivity index (χ3v) is 5.16. The molecule has 0 spiro atoms. The third kappa shape index (κ3) is 4.09. The fourth-order valence-electron chi connectivity index (χ4n) is 2.52. The maximum absolute atomic E-state index is 12.5. The Morgan fingerprint density at radius 3 is 2.46 bits per heavy atom. The minimum absolute atomic E-state index is 0.164. The number of hydrogen-bond donors (Lipinski definition) is 2. The van der Waals surface area contributed by atoms with E-state index in [0.29, 0.717) is 11.4 Å². The maximum Gasteiger partial charge on any atom is 0.294 e. The second-order valence-electron chi connectivity index (χ2n) is 5.67. The summed E-state index contributed by atoms with van der Waals surface area (Å²) in [6, 6.07) is 12.7. The second-order valence-corrected chi connectivity index (χ2v) is 7.35. The van der Waals surface area contributed by atoms with Crippen LogP contribution in [0.2, 0.25) is 0 Å². The predicted molar refractivity (Wildman–Crippen MR) is 99.6 cm³/mol. The van der Waals surface area contributed by atoms with Crippen LogP contribution in [0.1, 0.15) is 12.8 Å². The fourth-order valence-corrected chi connectivity index (χ4v) is 3.61. The molecule has 3 rings (SSSR count). The van der Waals surface area contributed by atoms with E-state index in [-0.39, 0.29) is 16.3 Å². The molecule has 0 atom stereocenters. The van der Waals surface area contributed by atoms with Gasteiger partial charge in [-0.3, -0.25) is 14.8 Å². The van der Waals surface area contributed by atoms with Crippen molar-refractivity contribution in [2.24, 2.45) is 0 Å². The van der Waals surface area contributed by atoms with Crippen molar-refractivity contribution >= 4 is 27.1 Å². The summed E-state index contributed by atoms with van der Waals surface area (Å²) in [4.78, 5) is 10.6. The molecule has 8 heteroatoms. The number of rotatable bonds is 6. The van der Waals surface area contributed by atoms with Gasteiger partial charge in [0.15, 0.2) is 0 Å². The lowest BCUT2D eigenvalue weighted by molar-refractivity contribution is -0.384. The van der Waals surface area contributed by atoms with Crippen molar-refractivity contribution in [3.63, 3.8) is 0 Å². The number of hydrogen-bond acceptors (Lipinski definition) is 5. The molecule has 2 aromatic rings. The van der Waals surface area contributed by atoms with Crippen LogP contribution in [0, 0.1) is 10.1 Å². The molecule has 1 aliphatic carbocycles. The van der Waals surface area contributed by atoms with Crippen molar-refractivity contribution < 1.29 is 13.3 Å². The van der Waals surface area contributed by atoms with Gasteiger partial charge in [0.1, 0.15) is 5.69 Å². The van der Waals surface area contributed by atoms with Crippen LogP contribution < -0.4 is 10.0 Å². The second kappa shape index (κ2) is 7.40. The number of sulfonamides is 1.